The number of nitrogens with zero attached hydrogens (tertiary/aromatic N) is 1. The van der Waals surface area contributed by atoms with E-state index < -0.39 is 0 Å². The highest BCUT2D eigenvalue weighted by Gasteiger charge is 2.26. The molecule has 1 fully saturated rings. The molecule has 1 aromatic rings. The molecule has 2 heterocycles. The molecule has 3 heteroatoms. The van der Waals surface area contributed by atoms with Crippen molar-refractivity contribution < 1.29 is 4.79 Å². The standard InChI is InChI=1S/C15H20N2O/c1-10-5-7-12(14(18)17-10)11-6-8-13(16-9-11)15(2,3)4/h6,8-9,12H,1,5,7H2,2-4H3,(H,17,18). The number of hydrogen-bond acceptors (Lipinski definition) is 2. The fraction of sp³-hybridized carbons (Fsp3) is 0.467. The zero-order chi connectivity index (χ0) is 13.3. The molecule has 0 spiro atoms. The lowest BCUT2D eigenvalue weighted by Gasteiger charge is -2.24. The second kappa shape index (κ2) is 4.56. The summed E-state index contributed by atoms with van der Waals surface area (Å²) in [5, 5.41) is 2.81. The number of piperidine rings is 1. The van der Waals surface area contributed by atoms with Gasteiger partial charge in [-0.25, -0.2) is 0 Å². The number of carbonyl (C=O) groups is 1. The molecular formula is C15H20N2O. The van der Waals surface area contributed by atoms with E-state index in [1.165, 1.54) is 0 Å². The average Bonchev–Trinajstić information content (AvgIpc) is 2.28. The van der Waals surface area contributed by atoms with Gasteiger partial charge in [0.1, 0.15) is 0 Å². The summed E-state index contributed by atoms with van der Waals surface area (Å²) in [6.07, 6.45) is 3.50. The Kier molecular flexibility index (Phi) is 3.24. The third kappa shape index (κ3) is 2.61. The number of rotatable bonds is 1. The number of nitrogens with one attached hydrogen (secondary N) is 1. The summed E-state index contributed by atoms with van der Waals surface area (Å²) < 4.78 is 0. The van der Waals surface area contributed by atoms with Crippen LogP contribution in [0.2, 0.25) is 0 Å². The van der Waals surface area contributed by atoms with Crippen molar-refractivity contribution in [1.82, 2.24) is 10.3 Å². The topological polar surface area (TPSA) is 42.0 Å². The summed E-state index contributed by atoms with van der Waals surface area (Å²) in [6.45, 7) is 10.2. The molecule has 96 valence electrons. The van der Waals surface area contributed by atoms with Crippen LogP contribution in [0.15, 0.2) is 30.6 Å². The van der Waals surface area contributed by atoms with Crippen LogP contribution in [0, 0.1) is 0 Å². The lowest BCUT2D eigenvalue weighted by molar-refractivity contribution is -0.122. The van der Waals surface area contributed by atoms with Crippen LogP contribution in [0.25, 0.3) is 0 Å². The third-order valence-corrected chi connectivity index (χ3v) is 3.31. The molecule has 0 radical (unpaired) electrons. The molecule has 0 saturated carbocycles. The SMILES string of the molecule is C=C1CCC(c2ccc(C(C)(C)C)nc2)C(=O)N1. The fourth-order valence-corrected chi connectivity index (χ4v) is 2.15. The molecule has 1 saturated heterocycles. The van der Waals surface area contributed by atoms with Crippen molar-refractivity contribution in [3.63, 3.8) is 0 Å². The maximum atomic E-state index is 11.9. The molecule has 1 amide bonds. The summed E-state index contributed by atoms with van der Waals surface area (Å²) in [5.41, 5.74) is 2.90. The highest BCUT2D eigenvalue weighted by Crippen LogP contribution is 2.28. The van der Waals surface area contributed by atoms with Gasteiger partial charge in [0.25, 0.3) is 0 Å². The molecule has 18 heavy (non-hydrogen) atoms. The number of hydrogen-bond donors (Lipinski definition) is 1. The van der Waals surface area contributed by atoms with Gasteiger partial charge in [0.15, 0.2) is 0 Å². The van der Waals surface area contributed by atoms with Crippen molar-refractivity contribution in [3.8, 4) is 0 Å². The average molecular weight is 244 g/mol. The number of carbonyl (C=O) groups excluding carboxylic acids is 1. The quantitative estimate of drug-likeness (QED) is 0.825. The van der Waals surface area contributed by atoms with Crippen LogP contribution in [0.5, 0.6) is 0 Å². The monoisotopic (exact) mass is 244 g/mol. The van der Waals surface area contributed by atoms with Crippen LogP contribution in [-0.4, -0.2) is 10.9 Å². The summed E-state index contributed by atoms with van der Waals surface area (Å²) in [4.78, 5) is 16.4. The minimum Gasteiger partial charge on any atom is -0.330 e. The van der Waals surface area contributed by atoms with Crippen LogP contribution in [0.4, 0.5) is 0 Å². The molecule has 2 rings (SSSR count). The summed E-state index contributed by atoms with van der Waals surface area (Å²) in [5.74, 6) is -0.0476. The number of allylic oxidation sites excluding steroid dienone is 1. The second-order valence-corrected chi connectivity index (χ2v) is 5.91. The molecule has 0 bridgehead atoms. The van der Waals surface area contributed by atoms with E-state index in [4.69, 9.17) is 0 Å². The van der Waals surface area contributed by atoms with E-state index in [1.54, 1.807) is 0 Å². The molecule has 1 aliphatic heterocycles. The van der Waals surface area contributed by atoms with Gasteiger partial charge in [0.2, 0.25) is 5.91 Å². The van der Waals surface area contributed by atoms with Gasteiger partial charge < -0.3 is 5.32 Å². The molecule has 3 nitrogen and oxygen atoms in total. The van der Waals surface area contributed by atoms with E-state index in [1.807, 2.05) is 18.3 Å². The normalized spacial score (nSPS) is 20.7. The Bertz CT molecular complexity index is 468. The first kappa shape index (κ1) is 12.8. The molecule has 1 N–H and O–H groups in total. The molecule has 1 aliphatic rings. The maximum absolute atomic E-state index is 11.9. The van der Waals surface area contributed by atoms with Crippen LogP contribution < -0.4 is 5.32 Å². The molecule has 1 atom stereocenters. The van der Waals surface area contributed by atoms with Crippen LogP contribution >= 0.6 is 0 Å². The lowest BCUT2D eigenvalue weighted by atomic mass is 9.88. The Morgan fingerprint density at radius 2 is 2.11 bits per heavy atom. The molecule has 1 unspecified atom stereocenters. The Balaban J connectivity index is 2.20. The molecule has 0 aliphatic carbocycles. The first-order valence-corrected chi connectivity index (χ1v) is 6.33. The van der Waals surface area contributed by atoms with Crippen molar-refractivity contribution in [2.45, 2.75) is 44.9 Å². The van der Waals surface area contributed by atoms with Crippen LogP contribution in [-0.2, 0) is 10.2 Å². The molecule has 1 aromatic heterocycles. The minimum atomic E-state index is -0.0861. The lowest BCUT2D eigenvalue weighted by Crippen LogP contribution is -2.33. The largest absolute Gasteiger partial charge is 0.330 e. The third-order valence-electron chi connectivity index (χ3n) is 3.31. The number of pyridine rings is 1. The summed E-state index contributed by atoms with van der Waals surface area (Å²) in [7, 11) is 0. The van der Waals surface area contributed by atoms with Crippen molar-refractivity contribution in [1.29, 1.82) is 0 Å². The second-order valence-electron chi connectivity index (χ2n) is 5.91. The summed E-state index contributed by atoms with van der Waals surface area (Å²) in [6, 6.07) is 4.04. The van der Waals surface area contributed by atoms with Gasteiger partial charge in [0, 0.05) is 23.0 Å². The zero-order valence-corrected chi connectivity index (χ0v) is 11.3. The van der Waals surface area contributed by atoms with Gasteiger partial charge >= 0.3 is 0 Å². The van der Waals surface area contributed by atoms with E-state index in [9.17, 15) is 4.79 Å². The zero-order valence-electron chi connectivity index (χ0n) is 11.3. The number of amides is 1. The Labute approximate surface area is 108 Å². The Hall–Kier alpha value is -1.64. The Morgan fingerprint density at radius 1 is 1.39 bits per heavy atom. The van der Waals surface area contributed by atoms with Crippen molar-refractivity contribution >= 4 is 5.91 Å². The fourth-order valence-electron chi connectivity index (χ4n) is 2.15. The van der Waals surface area contributed by atoms with Crippen molar-refractivity contribution in [3.05, 3.63) is 41.9 Å². The van der Waals surface area contributed by atoms with E-state index in [2.05, 4.69) is 37.7 Å². The van der Waals surface area contributed by atoms with Gasteiger partial charge in [-0.05, 0) is 24.5 Å². The van der Waals surface area contributed by atoms with Crippen molar-refractivity contribution in [2.75, 3.05) is 0 Å². The Morgan fingerprint density at radius 3 is 2.61 bits per heavy atom. The predicted octanol–water partition coefficient (Wildman–Crippen LogP) is 2.89. The van der Waals surface area contributed by atoms with Crippen molar-refractivity contribution in [2.24, 2.45) is 0 Å². The first-order chi connectivity index (χ1) is 8.38. The minimum absolute atomic E-state index is 0.0385. The van der Waals surface area contributed by atoms with Gasteiger partial charge in [-0.1, -0.05) is 33.4 Å². The highest BCUT2D eigenvalue weighted by atomic mass is 16.1. The van der Waals surface area contributed by atoms with Gasteiger partial charge in [-0.15, -0.1) is 0 Å². The highest BCUT2D eigenvalue weighted by molar-refractivity contribution is 5.85. The van der Waals surface area contributed by atoms with E-state index in [-0.39, 0.29) is 17.2 Å². The van der Waals surface area contributed by atoms with E-state index in [0.717, 1.165) is 29.8 Å². The predicted molar refractivity (Wildman–Crippen MR) is 72.2 cm³/mol. The van der Waals surface area contributed by atoms with Crippen LogP contribution in [0.1, 0.15) is 50.8 Å². The molecule has 0 aromatic carbocycles. The van der Waals surface area contributed by atoms with Crippen LogP contribution in [0.3, 0.4) is 0 Å². The van der Waals surface area contributed by atoms with Gasteiger partial charge in [-0.2, -0.15) is 0 Å². The smallest absolute Gasteiger partial charge is 0.231 e. The summed E-state index contributed by atoms with van der Waals surface area (Å²) >= 11 is 0. The number of aromatic nitrogens is 1. The maximum Gasteiger partial charge on any atom is 0.231 e. The van der Waals surface area contributed by atoms with Gasteiger partial charge in [-0.3, -0.25) is 9.78 Å². The first-order valence-electron chi connectivity index (χ1n) is 6.33. The van der Waals surface area contributed by atoms with E-state index >= 15 is 0 Å². The van der Waals surface area contributed by atoms with Gasteiger partial charge in [0.05, 0.1) is 5.92 Å². The molecular weight excluding hydrogens is 224 g/mol. The van der Waals surface area contributed by atoms with E-state index in [0.29, 0.717) is 0 Å².